The molecular weight excluding hydrogens is 304 g/mol. The van der Waals surface area contributed by atoms with Crippen LogP contribution in [0.5, 0.6) is 0 Å². The van der Waals surface area contributed by atoms with Gasteiger partial charge in [-0.2, -0.15) is 5.10 Å². The summed E-state index contributed by atoms with van der Waals surface area (Å²) in [5.74, 6) is 0.762. The van der Waals surface area contributed by atoms with Crippen LogP contribution in [0.1, 0.15) is 25.3 Å². The third-order valence-electron chi connectivity index (χ3n) is 4.85. The monoisotopic (exact) mass is 326 g/mol. The third kappa shape index (κ3) is 2.58. The van der Waals surface area contributed by atoms with Crippen molar-refractivity contribution in [2.75, 3.05) is 13.1 Å². The summed E-state index contributed by atoms with van der Waals surface area (Å²) in [6.07, 6.45) is 2.60. The number of likely N-dealkylation sites (tertiary alicyclic amines) is 1. The number of benzene rings is 1. The van der Waals surface area contributed by atoms with Crippen molar-refractivity contribution in [3.8, 4) is 0 Å². The molecule has 1 saturated heterocycles. The number of hydrogen-bond acceptors (Lipinski definition) is 3. The van der Waals surface area contributed by atoms with Crippen molar-refractivity contribution >= 4 is 28.8 Å². The quantitative estimate of drug-likeness (QED) is 0.665. The van der Waals surface area contributed by atoms with E-state index < -0.39 is 0 Å². The Bertz CT molecular complexity index is 924. The summed E-state index contributed by atoms with van der Waals surface area (Å²) in [6, 6.07) is 10.5. The SMILES string of the molecule is Cc1cc2nn(CN3CCC[C@H](C)C3)c(=S)n2c2ccccc12. The minimum atomic E-state index is 0.762. The maximum atomic E-state index is 5.73. The molecule has 1 aromatic carbocycles. The molecular formula is C18H22N4S. The van der Waals surface area contributed by atoms with E-state index >= 15 is 0 Å². The Hall–Kier alpha value is -1.72. The summed E-state index contributed by atoms with van der Waals surface area (Å²) in [6.45, 7) is 7.52. The van der Waals surface area contributed by atoms with Gasteiger partial charge in [-0.05, 0) is 62.1 Å². The Morgan fingerprint density at radius 3 is 2.96 bits per heavy atom. The highest BCUT2D eigenvalue weighted by Crippen LogP contribution is 2.22. The molecule has 1 aliphatic heterocycles. The van der Waals surface area contributed by atoms with Gasteiger partial charge in [-0.25, -0.2) is 4.68 Å². The minimum Gasteiger partial charge on any atom is -0.284 e. The first-order chi connectivity index (χ1) is 11.1. The fraction of sp³-hybridized carbons (Fsp3) is 0.444. The van der Waals surface area contributed by atoms with Gasteiger partial charge in [0.2, 0.25) is 4.77 Å². The molecule has 4 rings (SSSR count). The molecule has 3 aromatic rings. The molecule has 2 aromatic heterocycles. The van der Waals surface area contributed by atoms with E-state index in [1.54, 1.807) is 0 Å². The molecule has 1 aliphatic rings. The summed E-state index contributed by atoms with van der Waals surface area (Å²) >= 11 is 5.73. The van der Waals surface area contributed by atoms with E-state index in [4.69, 9.17) is 17.3 Å². The van der Waals surface area contributed by atoms with E-state index in [2.05, 4.69) is 53.5 Å². The van der Waals surface area contributed by atoms with Crippen molar-refractivity contribution in [3.05, 3.63) is 40.7 Å². The third-order valence-corrected chi connectivity index (χ3v) is 5.25. The largest absolute Gasteiger partial charge is 0.284 e. The number of aryl methyl sites for hydroxylation is 1. The molecule has 0 saturated carbocycles. The number of para-hydroxylation sites is 1. The average Bonchev–Trinajstić information content (AvgIpc) is 2.84. The van der Waals surface area contributed by atoms with Gasteiger partial charge < -0.3 is 0 Å². The highest BCUT2D eigenvalue weighted by atomic mass is 32.1. The van der Waals surface area contributed by atoms with Gasteiger partial charge >= 0.3 is 0 Å². The molecule has 0 amide bonds. The summed E-state index contributed by atoms with van der Waals surface area (Å²) < 4.78 is 4.87. The van der Waals surface area contributed by atoms with Crippen LogP contribution in [0.4, 0.5) is 0 Å². The van der Waals surface area contributed by atoms with E-state index in [9.17, 15) is 0 Å². The highest BCUT2D eigenvalue weighted by Gasteiger charge is 2.18. The summed E-state index contributed by atoms with van der Waals surface area (Å²) in [5, 5.41) is 6.01. The first-order valence-electron chi connectivity index (χ1n) is 8.34. The molecule has 4 nitrogen and oxygen atoms in total. The Kier molecular flexibility index (Phi) is 3.70. The van der Waals surface area contributed by atoms with Crippen LogP contribution in [0.15, 0.2) is 30.3 Å². The molecule has 5 heteroatoms. The van der Waals surface area contributed by atoms with E-state index in [0.29, 0.717) is 0 Å². The summed E-state index contributed by atoms with van der Waals surface area (Å²) in [4.78, 5) is 2.46. The van der Waals surface area contributed by atoms with Gasteiger partial charge in [0, 0.05) is 11.9 Å². The van der Waals surface area contributed by atoms with Crippen LogP contribution in [0, 0.1) is 17.6 Å². The number of fused-ring (bicyclic) bond motifs is 3. The minimum absolute atomic E-state index is 0.762. The van der Waals surface area contributed by atoms with Crippen molar-refractivity contribution in [1.82, 2.24) is 19.1 Å². The van der Waals surface area contributed by atoms with Gasteiger partial charge in [0.05, 0.1) is 12.2 Å². The van der Waals surface area contributed by atoms with Crippen LogP contribution in [0.3, 0.4) is 0 Å². The number of hydrogen-bond donors (Lipinski definition) is 0. The maximum Gasteiger partial charge on any atom is 0.204 e. The second kappa shape index (κ2) is 5.73. The average molecular weight is 326 g/mol. The Labute approximate surface area is 141 Å². The lowest BCUT2D eigenvalue weighted by atomic mass is 10.0. The zero-order chi connectivity index (χ0) is 16.0. The molecule has 1 fully saturated rings. The van der Waals surface area contributed by atoms with Crippen molar-refractivity contribution in [2.45, 2.75) is 33.4 Å². The molecule has 0 radical (unpaired) electrons. The lowest BCUT2D eigenvalue weighted by Gasteiger charge is -2.30. The van der Waals surface area contributed by atoms with Crippen LogP contribution >= 0.6 is 12.2 Å². The Balaban J connectivity index is 1.81. The Morgan fingerprint density at radius 2 is 2.13 bits per heavy atom. The van der Waals surface area contributed by atoms with E-state index in [1.807, 2.05) is 4.68 Å². The predicted octanol–water partition coefficient (Wildman–Crippen LogP) is 4.02. The molecule has 3 heterocycles. The maximum absolute atomic E-state index is 5.73. The van der Waals surface area contributed by atoms with Crippen molar-refractivity contribution < 1.29 is 0 Å². The second-order valence-corrected chi connectivity index (χ2v) is 7.15. The fourth-order valence-electron chi connectivity index (χ4n) is 3.71. The van der Waals surface area contributed by atoms with Crippen LogP contribution in [0.25, 0.3) is 16.6 Å². The molecule has 0 unspecified atom stereocenters. The highest BCUT2D eigenvalue weighted by molar-refractivity contribution is 7.71. The van der Waals surface area contributed by atoms with Crippen LogP contribution in [0.2, 0.25) is 0 Å². The lowest BCUT2D eigenvalue weighted by molar-refractivity contribution is 0.138. The molecule has 23 heavy (non-hydrogen) atoms. The molecule has 1 atom stereocenters. The normalized spacial score (nSPS) is 19.7. The van der Waals surface area contributed by atoms with E-state index in [0.717, 1.165) is 41.6 Å². The van der Waals surface area contributed by atoms with Gasteiger partial charge in [-0.1, -0.05) is 25.1 Å². The lowest BCUT2D eigenvalue weighted by Crippen LogP contribution is -2.36. The van der Waals surface area contributed by atoms with Crippen molar-refractivity contribution in [1.29, 1.82) is 0 Å². The number of aromatic nitrogens is 3. The van der Waals surface area contributed by atoms with Gasteiger partial charge in [-0.15, -0.1) is 0 Å². The zero-order valence-corrected chi connectivity index (χ0v) is 14.5. The number of rotatable bonds is 2. The van der Waals surface area contributed by atoms with Crippen LogP contribution in [-0.2, 0) is 6.67 Å². The first kappa shape index (κ1) is 14.8. The number of piperidine rings is 1. The van der Waals surface area contributed by atoms with E-state index in [1.165, 1.54) is 23.8 Å². The number of nitrogens with zero attached hydrogens (tertiary/aromatic N) is 4. The standard InChI is InChI=1S/C18H22N4S/c1-13-6-5-9-20(11-13)12-21-18(23)22-16-8-4-3-7-15(16)14(2)10-17(22)19-21/h3-4,7-8,10,13H,5-6,9,11-12H2,1-2H3/t13-/m0/s1. The molecule has 0 N–H and O–H groups in total. The topological polar surface area (TPSA) is 25.5 Å². The smallest absolute Gasteiger partial charge is 0.204 e. The Morgan fingerprint density at radius 1 is 1.30 bits per heavy atom. The molecule has 0 spiro atoms. The first-order valence-corrected chi connectivity index (χ1v) is 8.74. The fourth-order valence-corrected chi connectivity index (χ4v) is 4.01. The predicted molar refractivity (Wildman–Crippen MR) is 96.2 cm³/mol. The number of pyridine rings is 1. The molecule has 120 valence electrons. The van der Waals surface area contributed by atoms with Crippen molar-refractivity contribution in [3.63, 3.8) is 0 Å². The molecule has 0 bridgehead atoms. The van der Waals surface area contributed by atoms with Crippen molar-refractivity contribution in [2.24, 2.45) is 5.92 Å². The van der Waals surface area contributed by atoms with Gasteiger partial charge in [0.1, 0.15) is 0 Å². The zero-order valence-electron chi connectivity index (χ0n) is 13.7. The summed E-state index contributed by atoms with van der Waals surface area (Å²) in [7, 11) is 0. The molecule has 0 aliphatic carbocycles. The van der Waals surface area contributed by atoms with Gasteiger partial charge in [-0.3, -0.25) is 9.30 Å². The van der Waals surface area contributed by atoms with Gasteiger partial charge in [0.25, 0.3) is 0 Å². The summed E-state index contributed by atoms with van der Waals surface area (Å²) in [5.41, 5.74) is 3.33. The van der Waals surface area contributed by atoms with Gasteiger partial charge in [0.15, 0.2) is 5.65 Å². The van der Waals surface area contributed by atoms with Crippen LogP contribution < -0.4 is 0 Å². The van der Waals surface area contributed by atoms with E-state index in [-0.39, 0.29) is 0 Å². The van der Waals surface area contributed by atoms with Crippen LogP contribution in [-0.4, -0.2) is 32.2 Å². The second-order valence-electron chi connectivity index (χ2n) is 6.79.